The molecule has 2 nitrogen and oxygen atoms in total. The Hall–Kier alpha value is -1.31. The number of unbranched alkanes of at least 4 members (excludes halogenated alkanes) is 1. The third kappa shape index (κ3) is 2.90. The molecule has 0 aromatic heterocycles. The van der Waals surface area contributed by atoms with Crippen LogP contribution in [0.5, 0.6) is 0 Å². The van der Waals surface area contributed by atoms with E-state index in [1.54, 1.807) is 18.2 Å². The smallest absolute Gasteiger partial charge is 0.335 e. The first-order chi connectivity index (χ1) is 6.24. The summed E-state index contributed by atoms with van der Waals surface area (Å²) in [4.78, 5) is 10.6. The molecular weight excluding hydrogens is 164 g/mol. The Bertz CT molecular complexity index is 292. The van der Waals surface area contributed by atoms with Gasteiger partial charge < -0.3 is 5.11 Å². The van der Waals surface area contributed by atoms with Crippen molar-refractivity contribution in [2.24, 2.45) is 0 Å². The minimum absolute atomic E-state index is 0.363. The Kier molecular flexibility index (Phi) is 3.50. The summed E-state index contributed by atoms with van der Waals surface area (Å²) in [5, 5.41) is 8.72. The molecule has 0 fully saturated rings. The first-order valence-corrected chi connectivity index (χ1v) is 4.35. The van der Waals surface area contributed by atoms with Crippen molar-refractivity contribution in [1.82, 2.24) is 0 Å². The zero-order chi connectivity index (χ0) is 9.68. The van der Waals surface area contributed by atoms with Crippen molar-refractivity contribution in [1.29, 1.82) is 0 Å². The van der Waals surface area contributed by atoms with Crippen LogP contribution in [0.2, 0.25) is 0 Å². The van der Waals surface area contributed by atoms with Crippen molar-refractivity contribution < 1.29 is 9.90 Å². The van der Waals surface area contributed by atoms with Gasteiger partial charge in [-0.2, -0.15) is 0 Å². The molecule has 1 aromatic carbocycles. The highest BCUT2D eigenvalue weighted by Gasteiger charge is 2.02. The number of hydrogen-bond acceptors (Lipinski definition) is 1. The van der Waals surface area contributed by atoms with Crippen LogP contribution in [-0.2, 0) is 6.42 Å². The van der Waals surface area contributed by atoms with Crippen LogP contribution in [0.1, 0.15) is 28.8 Å². The van der Waals surface area contributed by atoms with E-state index in [-0.39, 0.29) is 0 Å². The predicted molar refractivity (Wildman–Crippen MR) is 51.7 cm³/mol. The summed E-state index contributed by atoms with van der Waals surface area (Å²) in [6.07, 6.45) is 2.80. The lowest BCUT2D eigenvalue weighted by Crippen LogP contribution is -1.97. The number of hydrogen-bond donors (Lipinski definition) is 1. The number of rotatable bonds is 4. The van der Waals surface area contributed by atoms with Crippen molar-refractivity contribution in [3.63, 3.8) is 0 Å². The molecule has 0 heterocycles. The normalized spacial score (nSPS) is 9.92. The van der Waals surface area contributed by atoms with E-state index < -0.39 is 5.97 Å². The molecular formula is C11H13O2. The molecule has 13 heavy (non-hydrogen) atoms. The number of aromatic carboxylic acids is 1. The van der Waals surface area contributed by atoms with Crippen molar-refractivity contribution in [2.75, 3.05) is 0 Å². The maximum atomic E-state index is 10.6. The van der Waals surface area contributed by atoms with Crippen LogP contribution in [0.3, 0.4) is 0 Å². The Morgan fingerprint density at radius 2 is 2.23 bits per heavy atom. The molecule has 1 rings (SSSR count). The Labute approximate surface area is 78.2 Å². The second-order valence-corrected chi connectivity index (χ2v) is 2.96. The van der Waals surface area contributed by atoms with Gasteiger partial charge in [-0.1, -0.05) is 25.5 Å². The molecule has 1 N–H and O–H groups in total. The third-order valence-electron chi connectivity index (χ3n) is 1.89. The van der Waals surface area contributed by atoms with Gasteiger partial charge in [-0.05, 0) is 30.5 Å². The maximum absolute atomic E-state index is 10.6. The zero-order valence-electron chi connectivity index (χ0n) is 7.49. The molecule has 0 aliphatic heterocycles. The van der Waals surface area contributed by atoms with Crippen molar-refractivity contribution in [3.05, 3.63) is 42.3 Å². The summed E-state index contributed by atoms with van der Waals surface area (Å²) in [6, 6.07) is 7.05. The lowest BCUT2D eigenvalue weighted by Gasteiger charge is -2.00. The minimum Gasteiger partial charge on any atom is -0.478 e. The van der Waals surface area contributed by atoms with Crippen LogP contribution in [0.4, 0.5) is 0 Å². The molecule has 1 radical (unpaired) electrons. The van der Waals surface area contributed by atoms with Gasteiger partial charge in [-0.3, -0.25) is 0 Å². The molecule has 1 aromatic rings. The Balaban J connectivity index is 2.73. The quantitative estimate of drug-likeness (QED) is 0.767. The zero-order valence-corrected chi connectivity index (χ0v) is 7.49. The standard InChI is InChI=1S/C11H13O2/c1-2-3-5-9-6-4-7-10(8-9)11(12)13/h4,6-8H,1-3,5H2,(H,12,13). The topological polar surface area (TPSA) is 37.3 Å². The first kappa shape index (κ1) is 9.78. The number of carboxylic acid groups (broad SMARTS) is 1. The summed E-state index contributed by atoms with van der Waals surface area (Å²) in [7, 11) is 0. The fourth-order valence-electron chi connectivity index (χ4n) is 1.19. The molecule has 0 aliphatic carbocycles. The van der Waals surface area contributed by atoms with Gasteiger partial charge in [0, 0.05) is 0 Å². The SMILES string of the molecule is [CH2]CCCc1cccc(C(=O)O)c1. The van der Waals surface area contributed by atoms with Crippen LogP contribution in [0, 0.1) is 6.92 Å². The molecule has 0 unspecified atom stereocenters. The number of carbonyl (C=O) groups is 1. The van der Waals surface area contributed by atoms with Crippen LogP contribution in [-0.4, -0.2) is 11.1 Å². The van der Waals surface area contributed by atoms with E-state index in [1.165, 1.54) is 0 Å². The molecule has 69 valence electrons. The van der Waals surface area contributed by atoms with Gasteiger partial charge in [-0.15, -0.1) is 0 Å². The summed E-state index contributed by atoms with van der Waals surface area (Å²) in [6.45, 7) is 3.74. The fourth-order valence-corrected chi connectivity index (χ4v) is 1.19. The minimum atomic E-state index is -0.864. The predicted octanol–water partition coefficient (Wildman–Crippen LogP) is 2.54. The molecule has 0 aliphatic rings. The van der Waals surface area contributed by atoms with E-state index >= 15 is 0 Å². The van der Waals surface area contributed by atoms with Crippen LogP contribution < -0.4 is 0 Å². The summed E-state index contributed by atoms with van der Waals surface area (Å²) < 4.78 is 0. The third-order valence-corrected chi connectivity index (χ3v) is 1.89. The summed E-state index contributed by atoms with van der Waals surface area (Å²) in [5.41, 5.74) is 1.44. The summed E-state index contributed by atoms with van der Waals surface area (Å²) >= 11 is 0. The fraction of sp³-hybridized carbons (Fsp3) is 0.273. The van der Waals surface area contributed by atoms with Gasteiger partial charge in [0.25, 0.3) is 0 Å². The number of aryl methyl sites for hydroxylation is 1. The van der Waals surface area contributed by atoms with Gasteiger partial charge >= 0.3 is 5.97 Å². The van der Waals surface area contributed by atoms with E-state index in [4.69, 9.17) is 5.11 Å². The Morgan fingerprint density at radius 1 is 1.46 bits per heavy atom. The molecule has 0 amide bonds. The van der Waals surface area contributed by atoms with Gasteiger partial charge in [-0.25, -0.2) is 4.79 Å². The molecule has 0 bridgehead atoms. The van der Waals surface area contributed by atoms with E-state index in [0.29, 0.717) is 5.56 Å². The second kappa shape index (κ2) is 4.65. The van der Waals surface area contributed by atoms with Crippen molar-refractivity contribution >= 4 is 5.97 Å². The number of carboxylic acids is 1. The lowest BCUT2D eigenvalue weighted by molar-refractivity contribution is 0.0697. The average Bonchev–Trinajstić information content (AvgIpc) is 2.15. The lowest BCUT2D eigenvalue weighted by atomic mass is 10.1. The molecule has 0 saturated carbocycles. The van der Waals surface area contributed by atoms with E-state index in [9.17, 15) is 4.79 Å². The van der Waals surface area contributed by atoms with Gasteiger partial charge in [0.15, 0.2) is 0 Å². The monoisotopic (exact) mass is 177 g/mol. The van der Waals surface area contributed by atoms with Crippen molar-refractivity contribution in [2.45, 2.75) is 19.3 Å². The summed E-state index contributed by atoms with van der Waals surface area (Å²) in [5.74, 6) is -0.864. The van der Waals surface area contributed by atoms with E-state index in [1.807, 2.05) is 6.07 Å². The van der Waals surface area contributed by atoms with Crippen LogP contribution in [0.25, 0.3) is 0 Å². The van der Waals surface area contributed by atoms with Crippen LogP contribution in [0.15, 0.2) is 24.3 Å². The molecule has 0 spiro atoms. The van der Waals surface area contributed by atoms with Gasteiger partial charge in [0.05, 0.1) is 5.56 Å². The van der Waals surface area contributed by atoms with Gasteiger partial charge in [0.1, 0.15) is 0 Å². The Morgan fingerprint density at radius 3 is 2.85 bits per heavy atom. The van der Waals surface area contributed by atoms with E-state index in [2.05, 4.69) is 6.92 Å². The van der Waals surface area contributed by atoms with E-state index in [0.717, 1.165) is 24.8 Å². The molecule has 0 atom stereocenters. The molecule has 2 heteroatoms. The maximum Gasteiger partial charge on any atom is 0.335 e. The van der Waals surface area contributed by atoms with Crippen molar-refractivity contribution in [3.8, 4) is 0 Å². The van der Waals surface area contributed by atoms with Crippen LogP contribution >= 0.6 is 0 Å². The first-order valence-electron chi connectivity index (χ1n) is 4.35. The second-order valence-electron chi connectivity index (χ2n) is 2.96. The highest BCUT2D eigenvalue weighted by molar-refractivity contribution is 5.87. The highest BCUT2D eigenvalue weighted by Crippen LogP contribution is 2.08. The largest absolute Gasteiger partial charge is 0.478 e. The number of benzene rings is 1. The highest BCUT2D eigenvalue weighted by atomic mass is 16.4. The molecule has 0 saturated heterocycles. The average molecular weight is 177 g/mol. The van der Waals surface area contributed by atoms with Gasteiger partial charge in [0.2, 0.25) is 0 Å².